The Morgan fingerprint density at radius 3 is 2.76 bits per heavy atom. The van der Waals surface area contributed by atoms with E-state index in [0.29, 0.717) is 23.6 Å². The summed E-state index contributed by atoms with van der Waals surface area (Å²) in [6.45, 7) is 0.540. The molecule has 7 heteroatoms. The van der Waals surface area contributed by atoms with Gasteiger partial charge in [0.15, 0.2) is 0 Å². The smallest absolute Gasteiger partial charge is 0.215 e. The van der Waals surface area contributed by atoms with Crippen LogP contribution in [-0.2, 0) is 15.8 Å². The molecule has 1 aromatic rings. The predicted molar refractivity (Wildman–Crippen MR) is 93.0 cm³/mol. The summed E-state index contributed by atoms with van der Waals surface area (Å²) >= 11 is 6.85. The zero-order valence-corrected chi connectivity index (χ0v) is 14.2. The van der Waals surface area contributed by atoms with Gasteiger partial charge in [0.1, 0.15) is 4.99 Å². The molecule has 21 heavy (non-hydrogen) atoms. The summed E-state index contributed by atoms with van der Waals surface area (Å²) in [5.41, 5.74) is 6.96. The molecular weight excluding hydrogens is 324 g/mol. The van der Waals surface area contributed by atoms with E-state index < -0.39 is 10.0 Å². The highest BCUT2D eigenvalue weighted by Gasteiger charge is 2.18. The second-order valence-corrected chi connectivity index (χ2v) is 8.70. The van der Waals surface area contributed by atoms with Crippen molar-refractivity contribution in [3.8, 4) is 0 Å². The van der Waals surface area contributed by atoms with Crippen molar-refractivity contribution in [2.45, 2.75) is 18.6 Å². The lowest BCUT2D eigenvalue weighted by Gasteiger charge is -2.21. The molecule has 116 valence electrons. The van der Waals surface area contributed by atoms with Gasteiger partial charge in [0.2, 0.25) is 10.0 Å². The molecule has 0 radical (unpaired) electrons. The monoisotopic (exact) mass is 344 g/mol. The van der Waals surface area contributed by atoms with Crippen molar-refractivity contribution in [2.24, 2.45) is 11.7 Å². The molecule has 1 aliphatic heterocycles. The van der Waals surface area contributed by atoms with Crippen molar-refractivity contribution in [2.75, 3.05) is 18.1 Å². The topological polar surface area (TPSA) is 72.2 Å². The second kappa shape index (κ2) is 7.58. The quantitative estimate of drug-likeness (QED) is 0.771. The first kappa shape index (κ1) is 16.7. The van der Waals surface area contributed by atoms with Gasteiger partial charge in [0.25, 0.3) is 0 Å². The summed E-state index contributed by atoms with van der Waals surface area (Å²) in [4.78, 5) is 0.280. The van der Waals surface area contributed by atoms with Crippen molar-refractivity contribution in [1.29, 1.82) is 0 Å². The molecular formula is C14H20N2O2S3. The van der Waals surface area contributed by atoms with Gasteiger partial charge in [-0.05, 0) is 41.9 Å². The average Bonchev–Trinajstić information content (AvgIpc) is 2.46. The fourth-order valence-electron chi connectivity index (χ4n) is 2.28. The summed E-state index contributed by atoms with van der Waals surface area (Å²) in [5, 5.41) is 0. The fourth-order valence-corrected chi connectivity index (χ4v) is 4.82. The molecule has 1 heterocycles. The van der Waals surface area contributed by atoms with Crippen molar-refractivity contribution in [1.82, 2.24) is 4.72 Å². The van der Waals surface area contributed by atoms with Crippen LogP contribution < -0.4 is 10.5 Å². The summed E-state index contributed by atoms with van der Waals surface area (Å²) in [6.07, 6.45) is 2.17. The van der Waals surface area contributed by atoms with Crippen LogP contribution in [0.1, 0.15) is 24.0 Å². The third-order valence-electron chi connectivity index (χ3n) is 3.50. The molecule has 0 aromatic heterocycles. The van der Waals surface area contributed by atoms with Crippen LogP contribution in [0, 0.1) is 5.92 Å². The van der Waals surface area contributed by atoms with E-state index in [1.807, 2.05) is 11.8 Å². The van der Waals surface area contributed by atoms with Gasteiger partial charge in [-0.3, -0.25) is 0 Å². The third-order valence-corrected chi connectivity index (χ3v) is 6.11. The minimum atomic E-state index is -3.32. The molecule has 0 atom stereocenters. The number of benzene rings is 1. The number of thiocarbonyl (C=S) groups is 1. The first-order valence-electron chi connectivity index (χ1n) is 6.90. The summed E-state index contributed by atoms with van der Waals surface area (Å²) in [7, 11) is -3.32. The number of hydrogen-bond donors (Lipinski definition) is 2. The van der Waals surface area contributed by atoms with Crippen LogP contribution in [0.2, 0.25) is 0 Å². The largest absolute Gasteiger partial charge is 0.389 e. The summed E-state index contributed by atoms with van der Waals surface area (Å²) < 4.78 is 27.0. The molecule has 0 spiro atoms. The Morgan fingerprint density at radius 2 is 2.10 bits per heavy atom. The molecule has 1 aliphatic rings. The lowest BCUT2D eigenvalue weighted by atomic mass is 10.0. The summed E-state index contributed by atoms with van der Waals surface area (Å²) in [5.74, 6) is 2.68. The van der Waals surface area contributed by atoms with E-state index in [1.165, 1.54) is 0 Å². The molecule has 0 saturated carbocycles. The minimum absolute atomic E-state index is 0.0368. The number of nitrogens with two attached hydrogens (primary N) is 1. The maximum Gasteiger partial charge on any atom is 0.215 e. The maximum atomic E-state index is 12.1. The molecule has 0 unspecified atom stereocenters. The van der Waals surface area contributed by atoms with Crippen molar-refractivity contribution >= 4 is 39.0 Å². The van der Waals surface area contributed by atoms with E-state index in [9.17, 15) is 8.42 Å². The van der Waals surface area contributed by atoms with E-state index in [-0.39, 0.29) is 10.7 Å². The molecule has 0 bridgehead atoms. The Labute approximate surface area is 135 Å². The number of rotatable bonds is 6. The Bertz CT molecular complexity index is 596. The number of nitrogens with one attached hydrogen (secondary N) is 1. The number of sulfonamides is 1. The Balaban J connectivity index is 1.93. The van der Waals surface area contributed by atoms with E-state index in [0.717, 1.165) is 24.3 Å². The standard InChI is InChI=1S/C14H20N2O2S3/c15-14(19)13-3-1-2-12(8-13)10-21(17,18)16-9-11-4-6-20-7-5-11/h1-3,8,11,16H,4-7,9-10H2,(H2,15,19). The van der Waals surface area contributed by atoms with Crippen LogP contribution >= 0.6 is 24.0 Å². The first-order chi connectivity index (χ1) is 9.96. The van der Waals surface area contributed by atoms with Crippen molar-refractivity contribution < 1.29 is 8.42 Å². The molecule has 4 nitrogen and oxygen atoms in total. The van der Waals surface area contributed by atoms with Gasteiger partial charge in [-0.25, -0.2) is 13.1 Å². The van der Waals surface area contributed by atoms with E-state index >= 15 is 0 Å². The predicted octanol–water partition coefficient (Wildman–Crippen LogP) is 1.88. The number of hydrogen-bond acceptors (Lipinski definition) is 4. The molecule has 2 rings (SSSR count). The highest BCUT2D eigenvalue weighted by molar-refractivity contribution is 7.99. The lowest BCUT2D eigenvalue weighted by Crippen LogP contribution is -2.32. The maximum absolute atomic E-state index is 12.1. The fraction of sp³-hybridized carbons (Fsp3) is 0.500. The Hall–Kier alpha value is -0.630. The highest BCUT2D eigenvalue weighted by Crippen LogP contribution is 2.22. The average molecular weight is 345 g/mol. The molecule has 1 aromatic carbocycles. The lowest BCUT2D eigenvalue weighted by molar-refractivity contribution is 0.476. The zero-order valence-electron chi connectivity index (χ0n) is 11.7. The normalized spacial score (nSPS) is 16.8. The van der Waals surface area contributed by atoms with Crippen molar-refractivity contribution in [3.05, 3.63) is 35.4 Å². The van der Waals surface area contributed by atoms with Crippen LogP contribution in [0.25, 0.3) is 0 Å². The van der Waals surface area contributed by atoms with Crippen LogP contribution in [0.4, 0.5) is 0 Å². The number of thioether (sulfide) groups is 1. The van der Waals surface area contributed by atoms with E-state index in [1.54, 1.807) is 24.3 Å². The van der Waals surface area contributed by atoms with Gasteiger partial charge in [0, 0.05) is 12.1 Å². The van der Waals surface area contributed by atoms with Crippen LogP contribution in [0.3, 0.4) is 0 Å². The SMILES string of the molecule is NC(=S)c1cccc(CS(=O)(=O)NCC2CCSCC2)c1. The molecule has 3 N–H and O–H groups in total. The van der Waals surface area contributed by atoms with Crippen LogP contribution in [0.15, 0.2) is 24.3 Å². The highest BCUT2D eigenvalue weighted by atomic mass is 32.2. The first-order valence-corrected chi connectivity index (χ1v) is 10.1. The van der Waals surface area contributed by atoms with Crippen LogP contribution in [0.5, 0.6) is 0 Å². The third kappa shape index (κ3) is 5.58. The minimum Gasteiger partial charge on any atom is -0.389 e. The van der Waals surface area contributed by atoms with Gasteiger partial charge in [-0.15, -0.1) is 0 Å². The summed E-state index contributed by atoms with van der Waals surface area (Å²) in [6, 6.07) is 7.07. The van der Waals surface area contributed by atoms with E-state index in [4.69, 9.17) is 18.0 Å². The Kier molecular flexibility index (Phi) is 6.04. The van der Waals surface area contributed by atoms with Crippen molar-refractivity contribution in [3.63, 3.8) is 0 Å². The zero-order chi connectivity index (χ0) is 15.3. The molecule has 0 amide bonds. The van der Waals surface area contributed by atoms with Gasteiger partial charge >= 0.3 is 0 Å². The second-order valence-electron chi connectivity index (χ2n) is 5.23. The van der Waals surface area contributed by atoms with Gasteiger partial charge in [-0.1, -0.05) is 30.4 Å². The Morgan fingerprint density at radius 1 is 1.38 bits per heavy atom. The van der Waals surface area contributed by atoms with E-state index in [2.05, 4.69) is 4.72 Å². The van der Waals surface area contributed by atoms with Gasteiger partial charge in [-0.2, -0.15) is 11.8 Å². The molecule has 1 saturated heterocycles. The van der Waals surface area contributed by atoms with Gasteiger partial charge in [0.05, 0.1) is 5.75 Å². The molecule has 0 aliphatic carbocycles. The molecule has 1 fully saturated rings. The van der Waals surface area contributed by atoms with Crippen LogP contribution in [-0.4, -0.2) is 31.5 Å². The van der Waals surface area contributed by atoms with Gasteiger partial charge < -0.3 is 5.73 Å².